The second-order valence-corrected chi connectivity index (χ2v) is 3.43. The van der Waals surface area contributed by atoms with Gasteiger partial charge in [0.2, 0.25) is 0 Å². The molecule has 0 atom stereocenters. The van der Waals surface area contributed by atoms with Crippen LogP contribution in [0.3, 0.4) is 0 Å². The van der Waals surface area contributed by atoms with Crippen LogP contribution in [-0.2, 0) is 0 Å². The Bertz CT molecular complexity index is 537. The first-order valence-electron chi connectivity index (χ1n) is 4.83. The smallest absolute Gasteiger partial charge is 0.195 e. The van der Waals surface area contributed by atoms with Crippen molar-refractivity contribution in [2.24, 2.45) is 0 Å². The lowest BCUT2D eigenvalue weighted by Gasteiger charge is -2.04. The Morgan fingerprint density at radius 3 is 2.50 bits per heavy atom. The van der Waals surface area contributed by atoms with E-state index >= 15 is 0 Å². The van der Waals surface area contributed by atoms with Gasteiger partial charge in [-0.2, -0.15) is 0 Å². The standard InChI is InChI=1S/C13H10FNO/c14-10-5-3-4-9(8-10)13(16)11-6-1-2-7-12(11)15/h1-8H,15H2. The van der Waals surface area contributed by atoms with Crippen molar-refractivity contribution in [1.82, 2.24) is 0 Å². The highest BCUT2D eigenvalue weighted by Gasteiger charge is 2.11. The summed E-state index contributed by atoms with van der Waals surface area (Å²) >= 11 is 0. The molecule has 3 heteroatoms. The minimum atomic E-state index is -0.430. The Kier molecular flexibility index (Phi) is 2.68. The van der Waals surface area contributed by atoms with Gasteiger partial charge in [-0.05, 0) is 24.3 Å². The van der Waals surface area contributed by atoms with Crippen LogP contribution >= 0.6 is 0 Å². The molecule has 0 aromatic heterocycles. The summed E-state index contributed by atoms with van der Waals surface area (Å²) in [6, 6.07) is 12.3. The molecule has 0 amide bonds. The second kappa shape index (κ2) is 4.14. The molecule has 0 aliphatic carbocycles. The van der Waals surface area contributed by atoms with Crippen molar-refractivity contribution in [3.63, 3.8) is 0 Å². The van der Waals surface area contributed by atoms with Crippen molar-refractivity contribution in [1.29, 1.82) is 0 Å². The molecule has 16 heavy (non-hydrogen) atoms. The topological polar surface area (TPSA) is 43.1 Å². The highest BCUT2D eigenvalue weighted by molar-refractivity contribution is 6.12. The number of para-hydroxylation sites is 1. The number of nitrogens with two attached hydrogens (primary N) is 1. The number of carbonyl (C=O) groups excluding carboxylic acids is 1. The van der Waals surface area contributed by atoms with Gasteiger partial charge in [0.25, 0.3) is 0 Å². The van der Waals surface area contributed by atoms with Crippen LogP contribution in [0.1, 0.15) is 15.9 Å². The minimum Gasteiger partial charge on any atom is -0.398 e. The highest BCUT2D eigenvalue weighted by Crippen LogP contribution is 2.16. The lowest BCUT2D eigenvalue weighted by Crippen LogP contribution is -2.05. The number of nitrogen functional groups attached to an aromatic ring is 1. The molecule has 2 aromatic carbocycles. The molecule has 0 spiro atoms. The van der Waals surface area contributed by atoms with E-state index < -0.39 is 5.82 Å². The first-order chi connectivity index (χ1) is 7.68. The van der Waals surface area contributed by atoms with Gasteiger partial charge in [0, 0.05) is 16.8 Å². The Hall–Kier alpha value is -2.16. The van der Waals surface area contributed by atoms with Gasteiger partial charge in [-0.3, -0.25) is 4.79 Å². The Morgan fingerprint density at radius 1 is 1.06 bits per heavy atom. The minimum absolute atomic E-state index is 0.266. The van der Waals surface area contributed by atoms with Crippen LogP contribution in [0, 0.1) is 5.82 Å². The summed E-state index contributed by atoms with van der Waals surface area (Å²) in [5.74, 6) is -0.696. The number of anilines is 1. The molecule has 2 rings (SSSR count). The van der Waals surface area contributed by atoms with Crippen LogP contribution in [0.2, 0.25) is 0 Å². The molecular formula is C13H10FNO. The van der Waals surface area contributed by atoms with Crippen molar-refractivity contribution in [3.05, 3.63) is 65.5 Å². The summed E-state index contributed by atoms with van der Waals surface area (Å²) in [7, 11) is 0. The molecule has 0 fully saturated rings. The maximum Gasteiger partial charge on any atom is 0.195 e. The average molecular weight is 215 g/mol. The molecule has 0 aliphatic heterocycles. The van der Waals surface area contributed by atoms with E-state index in [1.54, 1.807) is 30.3 Å². The highest BCUT2D eigenvalue weighted by atomic mass is 19.1. The molecule has 2 aromatic rings. The Balaban J connectivity index is 2.44. The van der Waals surface area contributed by atoms with Crippen LogP contribution in [0.25, 0.3) is 0 Å². The van der Waals surface area contributed by atoms with Gasteiger partial charge in [-0.1, -0.05) is 24.3 Å². The van der Waals surface area contributed by atoms with E-state index in [1.807, 2.05) is 0 Å². The van der Waals surface area contributed by atoms with Gasteiger partial charge < -0.3 is 5.73 Å². The van der Waals surface area contributed by atoms with Gasteiger partial charge >= 0.3 is 0 Å². The van der Waals surface area contributed by atoms with Gasteiger partial charge in [-0.25, -0.2) is 4.39 Å². The number of ketones is 1. The number of rotatable bonds is 2. The summed E-state index contributed by atoms with van der Waals surface area (Å²) in [5, 5.41) is 0. The molecule has 80 valence electrons. The first-order valence-corrected chi connectivity index (χ1v) is 4.83. The monoisotopic (exact) mass is 215 g/mol. The first kappa shape index (κ1) is 10.4. The third-order valence-electron chi connectivity index (χ3n) is 2.29. The fraction of sp³-hybridized carbons (Fsp3) is 0. The maximum absolute atomic E-state index is 13.0. The normalized spacial score (nSPS) is 10.1. The van der Waals surface area contributed by atoms with E-state index in [0.717, 1.165) is 0 Å². The van der Waals surface area contributed by atoms with E-state index in [1.165, 1.54) is 18.2 Å². The molecule has 0 radical (unpaired) electrons. The van der Waals surface area contributed by atoms with E-state index in [9.17, 15) is 9.18 Å². The van der Waals surface area contributed by atoms with Crippen LogP contribution in [0.5, 0.6) is 0 Å². The van der Waals surface area contributed by atoms with E-state index in [0.29, 0.717) is 16.8 Å². The predicted molar refractivity (Wildman–Crippen MR) is 60.7 cm³/mol. The Morgan fingerprint density at radius 2 is 1.81 bits per heavy atom. The van der Waals surface area contributed by atoms with Gasteiger partial charge in [0.05, 0.1) is 0 Å². The SMILES string of the molecule is Nc1ccccc1C(=O)c1cccc(F)c1. The van der Waals surface area contributed by atoms with E-state index in [4.69, 9.17) is 5.73 Å². The predicted octanol–water partition coefficient (Wildman–Crippen LogP) is 2.64. The van der Waals surface area contributed by atoms with E-state index in [2.05, 4.69) is 0 Å². The van der Waals surface area contributed by atoms with Gasteiger partial charge in [-0.15, -0.1) is 0 Å². The zero-order valence-corrected chi connectivity index (χ0v) is 8.48. The Labute approximate surface area is 92.5 Å². The van der Waals surface area contributed by atoms with Crippen molar-refractivity contribution in [2.45, 2.75) is 0 Å². The summed E-state index contributed by atoms with van der Waals surface area (Å²) in [6.45, 7) is 0. The lowest BCUT2D eigenvalue weighted by atomic mass is 10.0. The fourth-order valence-corrected chi connectivity index (χ4v) is 1.49. The molecule has 2 nitrogen and oxygen atoms in total. The second-order valence-electron chi connectivity index (χ2n) is 3.43. The summed E-state index contributed by atoms with van der Waals surface area (Å²) in [6.07, 6.45) is 0. The molecular weight excluding hydrogens is 205 g/mol. The summed E-state index contributed by atoms with van der Waals surface area (Å²) in [5.41, 5.74) is 6.78. The van der Waals surface area contributed by atoms with Crippen LogP contribution in [-0.4, -0.2) is 5.78 Å². The van der Waals surface area contributed by atoms with Crippen molar-refractivity contribution < 1.29 is 9.18 Å². The van der Waals surface area contributed by atoms with E-state index in [-0.39, 0.29) is 5.78 Å². The summed E-state index contributed by atoms with van der Waals surface area (Å²) < 4.78 is 13.0. The zero-order valence-electron chi connectivity index (χ0n) is 8.48. The molecule has 2 N–H and O–H groups in total. The van der Waals surface area contributed by atoms with Gasteiger partial charge in [0.15, 0.2) is 5.78 Å². The quantitative estimate of drug-likeness (QED) is 0.618. The van der Waals surface area contributed by atoms with Gasteiger partial charge in [0.1, 0.15) is 5.82 Å². The van der Waals surface area contributed by atoms with Crippen LogP contribution in [0.4, 0.5) is 10.1 Å². The van der Waals surface area contributed by atoms with Crippen LogP contribution < -0.4 is 5.73 Å². The van der Waals surface area contributed by atoms with Crippen molar-refractivity contribution in [3.8, 4) is 0 Å². The zero-order chi connectivity index (χ0) is 11.5. The molecule has 0 saturated heterocycles. The lowest BCUT2D eigenvalue weighted by molar-refractivity contribution is 0.103. The molecule has 0 bridgehead atoms. The molecule has 0 aliphatic rings. The third kappa shape index (κ3) is 1.93. The van der Waals surface area contributed by atoms with Crippen molar-refractivity contribution in [2.75, 3.05) is 5.73 Å². The number of halogens is 1. The maximum atomic E-state index is 13.0. The van der Waals surface area contributed by atoms with Crippen LogP contribution in [0.15, 0.2) is 48.5 Å². The third-order valence-corrected chi connectivity index (χ3v) is 2.29. The molecule has 0 unspecified atom stereocenters. The fourth-order valence-electron chi connectivity index (χ4n) is 1.49. The number of hydrogen-bond acceptors (Lipinski definition) is 2. The average Bonchev–Trinajstić information content (AvgIpc) is 2.29. The van der Waals surface area contributed by atoms with Crippen molar-refractivity contribution >= 4 is 11.5 Å². The largest absolute Gasteiger partial charge is 0.398 e. The summed E-state index contributed by atoms with van der Waals surface area (Å²) in [4.78, 5) is 12.0. The number of carbonyl (C=O) groups is 1. The molecule has 0 heterocycles. The molecule has 0 saturated carbocycles. The number of hydrogen-bond donors (Lipinski definition) is 1. The number of benzene rings is 2.